The highest BCUT2D eigenvalue weighted by Gasteiger charge is 2.58. The summed E-state index contributed by atoms with van der Waals surface area (Å²) in [6.45, 7) is 28.3. The molecule has 0 saturated heterocycles. The van der Waals surface area contributed by atoms with Crippen molar-refractivity contribution in [1.29, 1.82) is 0 Å². The quantitative estimate of drug-likeness (QED) is 0.154. The van der Waals surface area contributed by atoms with Crippen LogP contribution in [-0.4, -0.2) is 12.3 Å². The Morgan fingerprint density at radius 2 is 0.898 bits per heavy atom. The molecule has 7 heteroatoms. The molecule has 4 aliphatic rings. The van der Waals surface area contributed by atoms with Gasteiger partial charge in [-0.3, -0.25) is 0 Å². The smallest absolute Gasteiger partial charge is 0.252 e. The average Bonchev–Trinajstić information content (AvgIpc) is 1.16. The molecule has 2 aromatic heterocycles. The van der Waals surface area contributed by atoms with Gasteiger partial charge in [0.05, 0.1) is 26.3 Å². The number of aryl methyl sites for hydroxylation is 1. The summed E-state index contributed by atoms with van der Waals surface area (Å²) in [5, 5.41) is 5.20. The molecule has 3 aliphatic heterocycles. The highest BCUT2D eigenvalue weighted by molar-refractivity contribution is 7.27. The van der Waals surface area contributed by atoms with Crippen LogP contribution in [0.2, 0.25) is 0 Å². The molecule has 10 aromatic carbocycles. The molecular weight excluding hydrogens is 1100 g/mol. The maximum atomic E-state index is 2.80. The zero-order valence-corrected chi connectivity index (χ0v) is 54.7. The maximum Gasteiger partial charge on any atom is 0.252 e. The first-order valence-corrected chi connectivity index (χ1v) is 33.6. The number of benzene rings is 10. The van der Waals surface area contributed by atoms with Gasteiger partial charge in [0.25, 0.3) is 6.71 Å². The van der Waals surface area contributed by atoms with Crippen LogP contribution in [0, 0.1) is 6.92 Å². The number of rotatable bonds is 6. The van der Waals surface area contributed by atoms with Crippen molar-refractivity contribution >= 4 is 149 Å². The van der Waals surface area contributed by atoms with E-state index < -0.39 is 0 Å². The summed E-state index contributed by atoms with van der Waals surface area (Å²) in [7, 11) is 0. The van der Waals surface area contributed by atoms with Gasteiger partial charge < -0.3 is 19.6 Å². The second-order valence-corrected chi connectivity index (χ2v) is 31.5. The van der Waals surface area contributed by atoms with Crippen molar-refractivity contribution in [3.63, 3.8) is 0 Å². The molecule has 1 aliphatic carbocycles. The predicted octanol–water partition coefficient (Wildman–Crippen LogP) is 21.9. The molecule has 12 aromatic rings. The van der Waals surface area contributed by atoms with Crippen LogP contribution in [0.25, 0.3) is 40.3 Å². The summed E-state index contributed by atoms with van der Waals surface area (Å²) >= 11 is 3.84. The van der Waals surface area contributed by atoms with E-state index in [4.69, 9.17) is 0 Å². The van der Waals surface area contributed by atoms with Crippen LogP contribution in [0.1, 0.15) is 130 Å². The van der Waals surface area contributed by atoms with Crippen molar-refractivity contribution in [1.82, 2.24) is 0 Å². The third kappa shape index (κ3) is 8.21. The third-order valence-corrected chi connectivity index (χ3v) is 23.3. The van der Waals surface area contributed by atoms with E-state index >= 15 is 0 Å². The van der Waals surface area contributed by atoms with Crippen LogP contribution in [-0.2, 0) is 21.7 Å². The molecule has 4 nitrogen and oxygen atoms in total. The normalized spacial score (nSPS) is 18.0. The fourth-order valence-electron chi connectivity index (χ4n) is 16.0. The van der Waals surface area contributed by atoms with Gasteiger partial charge in [0.2, 0.25) is 0 Å². The molecule has 0 spiro atoms. The number of hydrogen-bond donors (Lipinski definition) is 0. The van der Waals surface area contributed by atoms with Crippen LogP contribution in [0.4, 0.5) is 62.6 Å². The van der Waals surface area contributed by atoms with E-state index in [1.807, 2.05) is 22.7 Å². The third-order valence-electron chi connectivity index (χ3n) is 20.9. The van der Waals surface area contributed by atoms with E-state index in [0.29, 0.717) is 0 Å². The van der Waals surface area contributed by atoms with Gasteiger partial charge >= 0.3 is 0 Å². The van der Waals surface area contributed by atoms with Crippen LogP contribution >= 0.6 is 22.7 Å². The van der Waals surface area contributed by atoms with E-state index in [1.54, 1.807) is 0 Å². The largest absolute Gasteiger partial charge is 0.334 e. The van der Waals surface area contributed by atoms with Crippen LogP contribution < -0.4 is 36.0 Å². The van der Waals surface area contributed by atoms with Crippen molar-refractivity contribution in [3.05, 3.63) is 228 Å². The lowest BCUT2D eigenvalue weighted by Crippen LogP contribution is -2.61. The van der Waals surface area contributed by atoms with Gasteiger partial charge in [-0.2, -0.15) is 0 Å². The summed E-state index contributed by atoms with van der Waals surface area (Å²) in [6, 6.07) is 78.3. The zero-order valence-electron chi connectivity index (χ0n) is 53.1. The van der Waals surface area contributed by atoms with Crippen molar-refractivity contribution in [2.24, 2.45) is 0 Å². The minimum atomic E-state index is -0.126. The van der Waals surface area contributed by atoms with E-state index in [0.717, 1.165) is 23.5 Å². The summed E-state index contributed by atoms with van der Waals surface area (Å²) in [6.07, 6.45) is 4.78. The van der Waals surface area contributed by atoms with Gasteiger partial charge in [-0.1, -0.05) is 191 Å². The topological polar surface area (TPSA) is 13.0 Å². The molecular formula is C81H77BN4S2. The molecule has 2 atom stereocenters. The Bertz CT molecular complexity index is 4780. The molecule has 436 valence electrons. The minimum Gasteiger partial charge on any atom is -0.334 e. The van der Waals surface area contributed by atoms with Crippen molar-refractivity contribution in [2.45, 2.75) is 136 Å². The van der Waals surface area contributed by atoms with Crippen molar-refractivity contribution < 1.29 is 0 Å². The summed E-state index contributed by atoms with van der Waals surface area (Å²) < 4.78 is 5.21. The Morgan fingerprint density at radius 1 is 0.420 bits per heavy atom. The number of anilines is 11. The van der Waals surface area contributed by atoms with Gasteiger partial charge in [-0.25, -0.2) is 0 Å². The fraction of sp³-hybridized carbons (Fsp3) is 0.259. The average molecular weight is 1180 g/mol. The second-order valence-electron chi connectivity index (χ2n) is 29.4. The zero-order chi connectivity index (χ0) is 60.6. The van der Waals surface area contributed by atoms with Crippen molar-refractivity contribution in [3.8, 4) is 0 Å². The molecule has 2 unspecified atom stereocenters. The summed E-state index contributed by atoms with van der Waals surface area (Å²) in [5.41, 5.74) is 24.0. The molecule has 5 heterocycles. The van der Waals surface area contributed by atoms with Gasteiger partial charge in [-0.05, 0) is 178 Å². The molecule has 1 fully saturated rings. The van der Waals surface area contributed by atoms with Gasteiger partial charge in [0, 0.05) is 87.5 Å². The monoisotopic (exact) mass is 1180 g/mol. The molecule has 0 N–H and O–H groups in total. The first-order chi connectivity index (χ1) is 42.2. The Hall–Kier alpha value is -8.10. The lowest BCUT2D eigenvalue weighted by molar-refractivity contribution is 0.195. The molecule has 0 amide bonds. The highest BCUT2D eigenvalue weighted by atomic mass is 32.1. The summed E-state index contributed by atoms with van der Waals surface area (Å²) in [5.74, 6) is 0. The standard InChI is InChI=1S/C81H77BN4S2/c1-50-45-70-74-71(46-50)85(67-26-20-24-61-59-22-14-16-28-73(59)88-76(61)67)69-49-57(86-65-42-33-53(79(8,9)10)47-62(65)80(11)43-17-18-44-81(80,86)12)39-41-64(69)82(74)63-40-38-56(48-68(63)84(70)66-25-19-23-60-58-21-13-15-27-72(58)87-75(60)66)83(54-34-29-51(30-35-54)77(2,3)4)55-36-31-52(32-37-55)78(5,6)7/h13-16,19-42,45-49H,17-18,43-44H2,1-12H3. The molecule has 16 rings (SSSR count). The van der Waals surface area contributed by atoms with Crippen LogP contribution in [0.3, 0.4) is 0 Å². The maximum absolute atomic E-state index is 2.80. The van der Waals surface area contributed by atoms with Gasteiger partial charge in [0.15, 0.2) is 0 Å². The Labute approximate surface area is 528 Å². The molecule has 0 bridgehead atoms. The van der Waals surface area contributed by atoms with Crippen LogP contribution in [0.5, 0.6) is 0 Å². The molecule has 1 saturated carbocycles. The number of hydrogen-bond acceptors (Lipinski definition) is 6. The van der Waals surface area contributed by atoms with E-state index in [9.17, 15) is 0 Å². The van der Waals surface area contributed by atoms with Crippen molar-refractivity contribution in [2.75, 3.05) is 19.6 Å². The minimum absolute atomic E-state index is 0.0165. The van der Waals surface area contributed by atoms with E-state index in [-0.39, 0.29) is 33.9 Å². The van der Waals surface area contributed by atoms with E-state index in [2.05, 4.69) is 303 Å². The first kappa shape index (κ1) is 55.2. The highest BCUT2D eigenvalue weighted by Crippen LogP contribution is 2.62. The predicted molar refractivity (Wildman–Crippen MR) is 385 cm³/mol. The van der Waals surface area contributed by atoms with Gasteiger partial charge in [0.1, 0.15) is 0 Å². The van der Waals surface area contributed by atoms with E-state index in [1.165, 1.54) is 149 Å². The Morgan fingerprint density at radius 3 is 1.44 bits per heavy atom. The number of nitrogens with zero attached hydrogens (tertiary/aromatic N) is 4. The SMILES string of the molecule is Cc1cc2c3c(c1)N(c1cccc4c1sc1ccccc14)c1cc(N4c5ccc(C(C)(C)C)cc5C5(C)CCCCC45C)ccc1B3c1ccc(N(c3ccc(C(C)(C)C)cc3)c3ccc(C(C)(C)C)cc3)cc1N2c1cccc2c1sc1ccccc12. The van der Waals surface area contributed by atoms with Gasteiger partial charge in [-0.15, -0.1) is 22.7 Å². The fourth-order valence-corrected chi connectivity index (χ4v) is 18.4. The lowest BCUT2D eigenvalue weighted by Gasteiger charge is -2.50. The molecule has 88 heavy (non-hydrogen) atoms. The second kappa shape index (κ2) is 19.5. The summed E-state index contributed by atoms with van der Waals surface area (Å²) in [4.78, 5) is 10.6. The lowest BCUT2D eigenvalue weighted by atomic mass is 9.33. The first-order valence-electron chi connectivity index (χ1n) is 32.0. The Kier molecular flexibility index (Phi) is 12.2. The number of fused-ring (bicyclic) bond motifs is 13. The number of thiophene rings is 2. The van der Waals surface area contributed by atoms with Crippen LogP contribution in [0.15, 0.2) is 200 Å². The molecule has 0 radical (unpaired) electrons. The Balaban J connectivity index is 0.981.